The summed E-state index contributed by atoms with van der Waals surface area (Å²) in [5.41, 5.74) is 16.1. The Labute approximate surface area is 330 Å². The van der Waals surface area contributed by atoms with Gasteiger partial charge >= 0.3 is 0 Å². The van der Waals surface area contributed by atoms with Gasteiger partial charge in [-0.3, -0.25) is 4.57 Å². The van der Waals surface area contributed by atoms with Crippen LogP contribution in [0, 0.1) is 0 Å². The van der Waals surface area contributed by atoms with Crippen molar-refractivity contribution < 1.29 is 0 Å². The predicted molar refractivity (Wildman–Crippen MR) is 241 cm³/mol. The fraction of sp³-hybridized carbons (Fsp3) is 0.0364. The van der Waals surface area contributed by atoms with Crippen LogP contribution in [-0.2, 0) is 6.42 Å². The first-order chi connectivity index (χ1) is 28.3. The Morgan fingerprint density at radius 1 is 0.368 bits per heavy atom. The van der Waals surface area contributed by atoms with Crippen molar-refractivity contribution in [2.45, 2.75) is 13.3 Å². The Morgan fingerprint density at radius 3 is 1.58 bits per heavy atom. The van der Waals surface area contributed by atoms with E-state index in [0.717, 1.165) is 23.3 Å². The molecule has 12 rings (SSSR count). The second kappa shape index (κ2) is 12.4. The van der Waals surface area contributed by atoms with Gasteiger partial charge in [-0.2, -0.15) is 0 Å². The molecule has 2 heteroatoms. The number of hydrogen-bond acceptors (Lipinski definition) is 1. The number of para-hydroxylation sites is 2. The van der Waals surface area contributed by atoms with Gasteiger partial charge in [0.25, 0.3) is 0 Å². The number of hydrogen-bond donors (Lipinski definition) is 0. The summed E-state index contributed by atoms with van der Waals surface area (Å²) in [5.74, 6) is 1.07. The van der Waals surface area contributed by atoms with Crippen molar-refractivity contribution in [1.82, 2.24) is 9.55 Å². The van der Waals surface area contributed by atoms with E-state index in [1.807, 2.05) is 0 Å². The molecule has 0 aliphatic heterocycles. The van der Waals surface area contributed by atoms with E-state index < -0.39 is 0 Å². The first-order valence-electron chi connectivity index (χ1n) is 20.0. The van der Waals surface area contributed by atoms with Crippen LogP contribution in [0.1, 0.15) is 12.7 Å². The normalized spacial score (nSPS) is 12.0. The van der Waals surface area contributed by atoms with Crippen molar-refractivity contribution in [1.29, 1.82) is 0 Å². The summed E-state index contributed by atoms with van der Waals surface area (Å²) in [5, 5.41) is 10.2. The van der Waals surface area contributed by atoms with Gasteiger partial charge in [-0.25, -0.2) is 4.98 Å². The molecule has 0 saturated carbocycles. The van der Waals surface area contributed by atoms with Crippen molar-refractivity contribution in [3.63, 3.8) is 0 Å². The molecule has 1 aliphatic carbocycles. The third-order valence-corrected chi connectivity index (χ3v) is 12.3. The summed E-state index contributed by atoms with van der Waals surface area (Å²) < 4.78 is 2.34. The van der Waals surface area contributed by atoms with Gasteiger partial charge in [0.15, 0.2) is 0 Å². The molecule has 0 fully saturated rings. The van der Waals surface area contributed by atoms with Crippen LogP contribution >= 0.6 is 0 Å². The fourth-order valence-electron chi connectivity index (χ4n) is 9.88. The second-order valence-corrected chi connectivity index (χ2v) is 15.2. The number of imidazole rings is 1. The van der Waals surface area contributed by atoms with Gasteiger partial charge in [0.1, 0.15) is 5.82 Å². The molecule has 0 bridgehead atoms. The van der Waals surface area contributed by atoms with E-state index in [4.69, 9.17) is 4.98 Å². The molecule has 1 heterocycles. The maximum Gasteiger partial charge on any atom is 0.114 e. The van der Waals surface area contributed by atoms with Gasteiger partial charge < -0.3 is 0 Å². The molecule has 11 aromatic rings. The van der Waals surface area contributed by atoms with Gasteiger partial charge in [-0.1, -0.05) is 177 Å². The Balaban J connectivity index is 1.02. The molecule has 2 nitrogen and oxygen atoms in total. The van der Waals surface area contributed by atoms with Gasteiger partial charge in [0, 0.05) is 11.8 Å². The highest BCUT2D eigenvalue weighted by molar-refractivity contribution is 6.26. The van der Waals surface area contributed by atoms with Crippen molar-refractivity contribution in [2.75, 3.05) is 0 Å². The van der Waals surface area contributed by atoms with Gasteiger partial charge in [-0.05, 0) is 112 Å². The summed E-state index contributed by atoms with van der Waals surface area (Å²) >= 11 is 0. The maximum atomic E-state index is 4.99. The number of aryl methyl sites for hydroxylation is 1. The summed E-state index contributed by atoms with van der Waals surface area (Å²) in [4.78, 5) is 4.99. The molecule has 57 heavy (non-hydrogen) atoms. The van der Waals surface area contributed by atoms with E-state index in [1.165, 1.54) is 104 Å². The molecular formula is C55H36N2. The van der Waals surface area contributed by atoms with E-state index in [-0.39, 0.29) is 0 Å². The van der Waals surface area contributed by atoms with E-state index >= 15 is 0 Å². The van der Waals surface area contributed by atoms with E-state index in [1.54, 1.807) is 0 Å². The number of benzene rings is 10. The number of nitrogens with zero attached hydrogens (tertiary/aromatic N) is 2. The maximum absolute atomic E-state index is 4.99. The highest BCUT2D eigenvalue weighted by Crippen LogP contribution is 2.52. The van der Waals surface area contributed by atoms with Crippen LogP contribution in [0.4, 0.5) is 0 Å². The number of rotatable bonds is 5. The highest BCUT2D eigenvalue weighted by Gasteiger charge is 2.24. The van der Waals surface area contributed by atoms with Crippen LogP contribution in [0.5, 0.6) is 0 Å². The quantitative estimate of drug-likeness (QED) is 0.162. The zero-order valence-corrected chi connectivity index (χ0v) is 31.5. The molecule has 10 aromatic carbocycles. The molecule has 0 saturated heterocycles. The summed E-state index contributed by atoms with van der Waals surface area (Å²) in [6.07, 6.45) is 0.856. The third kappa shape index (κ3) is 4.62. The van der Waals surface area contributed by atoms with Crippen LogP contribution in [0.2, 0.25) is 0 Å². The topological polar surface area (TPSA) is 17.8 Å². The lowest BCUT2D eigenvalue weighted by Gasteiger charge is -2.19. The SMILES string of the molecule is CCc1nc2ccccc2n1-c1ccc(-c2ccc(-c3c4ccccc4c(-c4ccc5c6c(cccc46)-c4ccccc4-5)c4ccccc34)cc2)c2ccccc12. The standard InChI is InChI=1S/C55H36N2/c1-2-52-56-49-24-11-12-25-51(49)57(52)50-33-32-36(37-14-5-6-17-40(37)50)34-26-28-35(29-27-34)53-42-18-7-9-20-44(42)55(45-21-10-8-19-43(45)53)48-31-30-47-39-16-4-3-15-38(39)41-22-13-23-46(48)54(41)47/h3-33H,2H2,1H3. The van der Waals surface area contributed by atoms with Crippen LogP contribution in [0.3, 0.4) is 0 Å². The minimum absolute atomic E-state index is 0.856. The smallest absolute Gasteiger partial charge is 0.114 e. The lowest BCUT2D eigenvalue weighted by atomic mass is 9.84. The molecule has 0 atom stereocenters. The minimum atomic E-state index is 0.856. The van der Waals surface area contributed by atoms with Crippen molar-refractivity contribution in [3.8, 4) is 61.3 Å². The molecule has 1 aromatic heterocycles. The van der Waals surface area contributed by atoms with Crippen LogP contribution in [0.15, 0.2) is 188 Å². The van der Waals surface area contributed by atoms with Gasteiger partial charge in [0.2, 0.25) is 0 Å². The second-order valence-electron chi connectivity index (χ2n) is 15.2. The van der Waals surface area contributed by atoms with Crippen LogP contribution < -0.4 is 0 Å². The van der Waals surface area contributed by atoms with E-state index in [9.17, 15) is 0 Å². The van der Waals surface area contributed by atoms with Crippen molar-refractivity contribution in [2.24, 2.45) is 0 Å². The zero-order chi connectivity index (χ0) is 37.6. The molecule has 0 radical (unpaired) electrons. The predicted octanol–water partition coefficient (Wildman–Crippen LogP) is 14.8. The van der Waals surface area contributed by atoms with E-state index in [0.29, 0.717) is 0 Å². The van der Waals surface area contributed by atoms with Crippen LogP contribution in [-0.4, -0.2) is 9.55 Å². The zero-order valence-electron chi connectivity index (χ0n) is 31.5. The van der Waals surface area contributed by atoms with E-state index in [2.05, 4.69) is 200 Å². The van der Waals surface area contributed by atoms with Crippen LogP contribution in [0.25, 0.3) is 115 Å². The lowest BCUT2D eigenvalue weighted by molar-refractivity contribution is 0.913. The summed E-state index contributed by atoms with van der Waals surface area (Å²) in [6.45, 7) is 2.18. The Morgan fingerprint density at radius 2 is 0.877 bits per heavy atom. The molecular weight excluding hydrogens is 689 g/mol. The Kier molecular flexibility index (Phi) is 6.94. The van der Waals surface area contributed by atoms with Gasteiger partial charge in [-0.15, -0.1) is 0 Å². The molecule has 0 N–H and O–H groups in total. The Hall–Kier alpha value is -7.29. The average molecular weight is 725 g/mol. The third-order valence-electron chi connectivity index (χ3n) is 12.3. The molecule has 1 aliphatic rings. The monoisotopic (exact) mass is 724 g/mol. The molecule has 0 unspecified atom stereocenters. The summed E-state index contributed by atoms with van der Waals surface area (Å²) in [7, 11) is 0. The minimum Gasteiger partial charge on any atom is -0.296 e. The fourth-order valence-corrected chi connectivity index (χ4v) is 9.88. The molecule has 0 spiro atoms. The number of fused-ring (bicyclic) bond motifs is 7. The van der Waals surface area contributed by atoms with Gasteiger partial charge in [0.05, 0.1) is 16.7 Å². The first kappa shape index (κ1) is 32.0. The van der Waals surface area contributed by atoms with Crippen molar-refractivity contribution >= 4 is 54.1 Å². The average Bonchev–Trinajstić information content (AvgIpc) is 3.82. The first-order valence-corrected chi connectivity index (χ1v) is 20.0. The highest BCUT2D eigenvalue weighted by atomic mass is 15.1. The summed E-state index contributed by atoms with van der Waals surface area (Å²) in [6, 6.07) is 69.4. The molecule has 266 valence electrons. The largest absolute Gasteiger partial charge is 0.296 e. The lowest BCUT2D eigenvalue weighted by Crippen LogP contribution is -2.01. The van der Waals surface area contributed by atoms with Crippen molar-refractivity contribution in [3.05, 3.63) is 194 Å². The Bertz CT molecular complexity index is 3350. The number of aromatic nitrogens is 2. The molecule has 0 amide bonds.